The first-order valence-corrected chi connectivity index (χ1v) is 10.0. The third-order valence-electron chi connectivity index (χ3n) is 3.38. The summed E-state index contributed by atoms with van der Waals surface area (Å²) >= 11 is 0. The fourth-order valence-corrected chi connectivity index (χ4v) is 2.73. The number of carbonyl (C=O) groups is 1. The Morgan fingerprint density at radius 2 is 1.85 bits per heavy atom. The largest absolute Gasteiger partial charge is 0.457 e. The zero-order valence-corrected chi connectivity index (χ0v) is 15.4. The number of sulfonamides is 1. The predicted molar refractivity (Wildman–Crippen MR) is 98.6 cm³/mol. The number of rotatable bonds is 8. The molecule has 0 atom stereocenters. The van der Waals surface area contributed by atoms with Crippen LogP contribution >= 0.6 is 0 Å². The SMILES string of the molecule is CCCCNC(=O)c1cc(NS(C)(=O)=O)ccc1Oc1ccc(F)cc1. The lowest BCUT2D eigenvalue weighted by Gasteiger charge is -2.13. The average Bonchev–Trinajstić information content (AvgIpc) is 2.57. The van der Waals surface area contributed by atoms with Gasteiger partial charge in [-0.05, 0) is 48.9 Å². The molecule has 26 heavy (non-hydrogen) atoms. The van der Waals surface area contributed by atoms with Crippen molar-refractivity contribution in [1.29, 1.82) is 0 Å². The predicted octanol–water partition coefficient (Wildman–Crippen LogP) is 3.52. The molecule has 2 rings (SSSR count). The molecular weight excluding hydrogens is 359 g/mol. The second-order valence-electron chi connectivity index (χ2n) is 5.75. The summed E-state index contributed by atoms with van der Waals surface area (Å²) in [4.78, 5) is 12.5. The summed E-state index contributed by atoms with van der Waals surface area (Å²) < 4.78 is 43.9. The highest BCUT2D eigenvalue weighted by molar-refractivity contribution is 7.92. The second kappa shape index (κ2) is 8.66. The van der Waals surface area contributed by atoms with Crippen LogP contribution in [0.15, 0.2) is 42.5 Å². The molecule has 6 nitrogen and oxygen atoms in total. The molecule has 0 aromatic heterocycles. The highest BCUT2D eigenvalue weighted by Gasteiger charge is 2.15. The van der Waals surface area contributed by atoms with E-state index < -0.39 is 15.8 Å². The van der Waals surface area contributed by atoms with E-state index in [0.29, 0.717) is 12.3 Å². The first-order valence-electron chi connectivity index (χ1n) is 8.12. The van der Waals surface area contributed by atoms with Gasteiger partial charge in [0.05, 0.1) is 11.8 Å². The van der Waals surface area contributed by atoms with Gasteiger partial charge in [-0.15, -0.1) is 0 Å². The number of anilines is 1. The first-order chi connectivity index (χ1) is 12.3. The molecule has 0 aliphatic carbocycles. The van der Waals surface area contributed by atoms with Gasteiger partial charge >= 0.3 is 0 Å². The smallest absolute Gasteiger partial charge is 0.255 e. The molecule has 8 heteroatoms. The first kappa shape index (κ1) is 19.7. The highest BCUT2D eigenvalue weighted by Crippen LogP contribution is 2.28. The minimum absolute atomic E-state index is 0.180. The molecule has 0 aliphatic heterocycles. The van der Waals surface area contributed by atoms with Crippen LogP contribution in [0.25, 0.3) is 0 Å². The van der Waals surface area contributed by atoms with Crippen molar-refractivity contribution in [2.45, 2.75) is 19.8 Å². The Morgan fingerprint density at radius 3 is 2.46 bits per heavy atom. The van der Waals surface area contributed by atoms with Gasteiger partial charge < -0.3 is 10.1 Å². The number of ether oxygens (including phenoxy) is 1. The van der Waals surface area contributed by atoms with Crippen molar-refractivity contribution >= 4 is 21.6 Å². The molecule has 2 N–H and O–H groups in total. The van der Waals surface area contributed by atoms with Crippen molar-refractivity contribution < 1.29 is 22.3 Å². The molecule has 2 aromatic carbocycles. The maximum absolute atomic E-state index is 13.0. The quantitative estimate of drug-likeness (QED) is 0.686. The molecule has 0 aliphatic rings. The normalized spacial score (nSPS) is 11.0. The molecule has 0 unspecified atom stereocenters. The van der Waals surface area contributed by atoms with Crippen LogP contribution in [0.2, 0.25) is 0 Å². The van der Waals surface area contributed by atoms with Crippen LogP contribution in [0.5, 0.6) is 11.5 Å². The Bertz CT molecular complexity index is 867. The van der Waals surface area contributed by atoms with E-state index in [0.717, 1.165) is 19.1 Å². The van der Waals surface area contributed by atoms with Crippen LogP contribution in [0.3, 0.4) is 0 Å². The molecular formula is C18H21FN2O4S. The molecule has 0 radical (unpaired) electrons. The number of hydrogen-bond donors (Lipinski definition) is 2. The molecule has 2 aromatic rings. The van der Waals surface area contributed by atoms with Gasteiger partial charge in [0.15, 0.2) is 0 Å². The van der Waals surface area contributed by atoms with Gasteiger partial charge in [0.1, 0.15) is 17.3 Å². The summed E-state index contributed by atoms with van der Waals surface area (Å²) in [6, 6.07) is 9.76. The lowest BCUT2D eigenvalue weighted by Crippen LogP contribution is -2.25. The van der Waals surface area contributed by atoms with Crippen molar-refractivity contribution in [3.63, 3.8) is 0 Å². The van der Waals surface area contributed by atoms with Crippen LogP contribution in [0, 0.1) is 5.82 Å². The summed E-state index contributed by atoms with van der Waals surface area (Å²) in [6.45, 7) is 2.50. The van der Waals surface area contributed by atoms with Gasteiger partial charge in [-0.3, -0.25) is 9.52 Å². The average molecular weight is 380 g/mol. The highest BCUT2D eigenvalue weighted by atomic mass is 32.2. The fraction of sp³-hybridized carbons (Fsp3) is 0.278. The van der Waals surface area contributed by atoms with Gasteiger partial charge in [-0.25, -0.2) is 12.8 Å². The van der Waals surface area contributed by atoms with E-state index in [-0.39, 0.29) is 22.9 Å². The number of hydrogen-bond acceptors (Lipinski definition) is 4. The number of carbonyl (C=O) groups excluding carboxylic acids is 1. The van der Waals surface area contributed by atoms with Crippen molar-refractivity contribution in [3.8, 4) is 11.5 Å². The van der Waals surface area contributed by atoms with Gasteiger partial charge in [0, 0.05) is 12.2 Å². The molecule has 0 bridgehead atoms. The fourth-order valence-electron chi connectivity index (χ4n) is 2.18. The standard InChI is InChI=1S/C18H21FN2O4S/c1-3-4-11-20-18(22)16-12-14(21-26(2,23)24)7-10-17(16)25-15-8-5-13(19)6-9-15/h5-10,12,21H,3-4,11H2,1-2H3,(H,20,22). The van der Waals surface area contributed by atoms with Crippen molar-refractivity contribution in [3.05, 3.63) is 53.8 Å². The Morgan fingerprint density at radius 1 is 1.15 bits per heavy atom. The number of amides is 1. The number of nitrogens with one attached hydrogen (secondary N) is 2. The summed E-state index contributed by atoms with van der Waals surface area (Å²) in [7, 11) is -3.48. The van der Waals surface area contributed by atoms with E-state index in [1.54, 1.807) is 0 Å². The van der Waals surface area contributed by atoms with Crippen LogP contribution in [-0.4, -0.2) is 27.1 Å². The van der Waals surface area contributed by atoms with Crippen molar-refractivity contribution in [2.75, 3.05) is 17.5 Å². The monoisotopic (exact) mass is 380 g/mol. The number of halogens is 1. The van der Waals surface area contributed by atoms with Crippen LogP contribution in [0.1, 0.15) is 30.1 Å². The summed E-state index contributed by atoms with van der Waals surface area (Å²) in [5, 5.41) is 2.77. The van der Waals surface area contributed by atoms with E-state index in [1.807, 2.05) is 6.92 Å². The molecule has 140 valence electrons. The molecule has 0 saturated carbocycles. The Balaban J connectivity index is 2.32. The van der Waals surface area contributed by atoms with Gasteiger partial charge in [0.2, 0.25) is 10.0 Å². The minimum Gasteiger partial charge on any atom is -0.457 e. The van der Waals surface area contributed by atoms with E-state index >= 15 is 0 Å². The molecule has 0 fully saturated rings. The van der Waals surface area contributed by atoms with E-state index in [4.69, 9.17) is 4.74 Å². The van der Waals surface area contributed by atoms with Crippen molar-refractivity contribution in [1.82, 2.24) is 5.32 Å². The third-order valence-corrected chi connectivity index (χ3v) is 3.99. The Hall–Kier alpha value is -2.61. The lowest BCUT2D eigenvalue weighted by atomic mass is 10.1. The number of unbranched alkanes of at least 4 members (excludes halogenated alkanes) is 1. The van der Waals surface area contributed by atoms with Gasteiger partial charge in [0.25, 0.3) is 5.91 Å². The van der Waals surface area contributed by atoms with E-state index in [2.05, 4.69) is 10.0 Å². The lowest BCUT2D eigenvalue weighted by molar-refractivity contribution is 0.0951. The van der Waals surface area contributed by atoms with Crippen LogP contribution < -0.4 is 14.8 Å². The summed E-state index contributed by atoms with van der Waals surface area (Å²) in [5.74, 6) is -0.183. The Kier molecular flexibility index (Phi) is 6.57. The summed E-state index contributed by atoms with van der Waals surface area (Å²) in [6.07, 6.45) is 2.77. The van der Waals surface area contributed by atoms with E-state index in [1.165, 1.54) is 42.5 Å². The van der Waals surface area contributed by atoms with Crippen molar-refractivity contribution in [2.24, 2.45) is 0 Å². The Labute approximate surface area is 152 Å². The maximum Gasteiger partial charge on any atom is 0.255 e. The zero-order chi connectivity index (χ0) is 19.2. The summed E-state index contributed by atoms with van der Waals surface area (Å²) in [5.41, 5.74) is 0.429. The second-order valence-corrected chi connectivity index (χ2v) is 7.50. The maximum atomic E-state index is 13.0. The third kappa shape index (κ3) is 6.03. The minimum atomic E-state index is -3.48. The van der Waals surface area contributed by atoms with Gasteiger partial charge in [-0.1, -0.05) is 13.3 Å². The number of benzene rings is 2. The molecule has 0 heterocycles. The zero-order valence-electron chi connectivity index (χ0n) is 14.6. The topological polar surface area (TPSA) is 84.5 Å². The van der Waals surface area contributed by atoms with E-state index in [9.17, 15) is 17.6 Å². The van der Waals surface area contributed by atoms with Crippen LogP contribution in [0.4, 0.5) is 10.1 Å². The van der Waals surface area contributed by atoms with Crippen LogP contribution in [-0.2, 0) is 10.0 Å². The molecule has 1 amide bonds. The van der Waals surface area contributed by atoms with Gasteiger partial charge in [-0.2, -0.15) is 0 Å². The molecule has 0 spiro atoms. The molecule has 0 saturated heterocycles.